The molecule has 3 heterocycles. The number of amides is 2. The summed E-state index contributed by atoms with van der Waals surface area (Å²) in [6.07, 6.45) is 6.25. The number of H-pyrrole nitrogens is 1. The molecule has 0 radical (unpaired) electrons. The minimum atomic E-state index is -0.463. The molecule has 1 aromatic heterocycles. The van der Waals surface area contributed by atoms with E-state index in [1.807, 2.05) is 40.1 Å². The van der Waals surface area contributed by atoms with E-state index in [1.165, 1.54) is 31.2 Å². The summed E-state index contributed by atoms with van der Waals surface area (Å²) >= 11 is 0. The fourth-order valence-electron chi connectivity index (χ4n) is 6.08. The molecule has 1 saturated heterocycles. The lowest BCUT2D eigenvalue weighted by Crippen LogP contribution is -2.63. The molecule has 2 atom stereocenters. The van der Waals surface area contributed by atoms with Gasteiger partial charge in [-0.25, -0.2) is 0 Å². The number of hydrogen-bond donors (Lipinski definition) is 1. The lowest BCUT2D eigenvalue weighted by Gasteiger charge is -2.47. The summed E-state index contributed by atoms with van der Waals surface area (Å²) in [5.41, 5.74) is 4.31. The monoisotopic (exact) mass is 500 g/mol. The van der Waals surface area contributed by atoms with Crippen molar-refractivity contribution in [3.63, 3.8) is 0 Å². The van der Waals surface area contributed by atoms with Crippen molar-refractivity contribution < 1.29 is 9.59 Å². The molecule has 2 aliphatic rings. The number of aromatic amines is 1. The molecule has 2 aliphatic heterocycles. The lowest BCUT2D eigenvalue weighted by molar-refractivity contribution is -0.158. The van der Waals surface area contributed by atoms with Crippen LogP contribution in [0.4, 0.5) is 0 Å². The fourth-order valence-corrected chi connectivity index (χ4v) is 6.08. The largest absolute Gasteiger partial charge is 0.356 e. The van der Waals surface area contributed by atoms with Gasteiger partial charge in [-0.15, -0.1) is 0 Å². The van der Waals surface area contributed by atoms with Gasteiger partial charge >= 0.3 is 0 Å². The summed E-state index contributed by atoms with van der Waals surface area (Å²) in [6.45, 7) is 8.47. The van der Waals surface area contributed by atoms with Crippen molar-refractivity contribution >= 4 is 22.7 Å². The maximum atomic E-state index is 13.9. The average molecular weight is 501 g/mol. The average Bonchev–Trinajstić information content (AvgIpc) is 3.30. The summed E-state index contributed by atoms with van der Waals surface area (Å²) in [5, 5.41) is 1.15. The van der Waals surface area contributed by atoms with Gasteiger partial charge in [-0.05, 0) is 56.1 Å². The van der Waals surface area contributed by atoms with Crippen LogP contribution in [-0.2, 0) is 16.0 Å². The third kappa shape index (κ3) is 5.17. The topological polar surface area (TPSA) is 59.6 Å². The maximum absolute atomic E-state index is 13.9. The zero-order valence-electron chi connectivity index (χ0n) is 22.3. The molecule has 6 heteroatoms. The van der Waals surface area contributed by atoms with E-state index < -0.39 is 6.04 Å². The molecular weight excluding hydrogens is 460 g/mol. The second kappa shape index (κ2) is 11.5. The molecular formula is C31H40N4O2. The smallest absolute Gasteiger partial charge is 0.246 e. The Balaban J connectivity index is 1.38. The third-order valence-corrected chi connectivity index (χ3v) is 8.02. The number of unbranched alkanes of at least 4 members (excludes halogenated alkanes) is 2. The summed E-state index contributed by atoms with van der Waals surface area (Å²) in [5.74, 6) is 0.127. The van der Waals surface area contributed by atoms with Crippen LogP contribution in [0.2, 0.25) is 0 Å². The first kappa shape index (κ1) is 25.5. The van der Waals surface area contributed by atoms with Crippen LogP contribution in [0.15, 0.2) is 54.6 Å². The molecule has 1 fully saturated rings. The normalized spacial score (nSPS) is 19.5. The van der Waals surface area contributed by atoms with Crippen molar-refractivity contribution in [1.29, 1.82) is 0 Å². The zero-order valence-corrected chi connectivity index (χ0v) is 22.3. The number of piperazine rings is 1. The molecule has 0 aliphatic carbocycles. The molecule has 2 aromatic carbocycles. The Hall–Kier alpha value is -3.12. The number of carbonyl (C=O) groups excluding carboxylic acids is 2. The standard InChI is InChI=1S/C31H40N4O2/c1-3-5-17-33(18-6-4-2)19-12-20-34-22-28(36)35-27(31(34)37)21-25-24-15-10-11-16-26(24)32-29(25)30(35)23-13-8-7-9-14-23/h7-11,13-16,27,30,32H,3-6,12,17-22H2,1-2H3/t27-,30+/m0/s1. The van der Waals surface area contributed by atoms with Gasteiger partial charge < -0.3 is 19.7 Å². The van der Waals surface area contributed by atoms with E-state index in [-0.39, 0.29) is 24.4 Å². The van der Waals surface area contributed by atoms with Gasteiger partial charge in [0.25, 0.3) is 0 Å². The fraction of sp³-hybridized carbons (Fsp3) is 0.484. The number of nitrogens with one attached hydrogen (secondary N) is 1. The third-order valence-electron chi connectivity index (χ3n) is 8.02. The second-order valence-electron chi connectivity index (χ2n) is 10.6. The highest BCUT2D eigenvalue weighted by atomic mass is 16.2. The molecule has 0 unspecified atom stereocenters. The minimum absolute atomic E-state index is 0.0385. The molecule has 196 valence electrons. The van der Waals surface area contributed by atoms with Crippen LogP contribution in [-0.4, -0.2) is 70.3 Å². The van der Waals surface area contributed by atoms with Crippen LogP contribution < -0.4 is 0 Å². The number of hydrogen-bond acceptors (Lipinski definition) is 3. The molecule has 6 nitrogen and oxygen atoms in total. The Morgan fingerprint density at radius 1 is 0.892 bits per heavy atom. The molecule has 0 spiro atoms. The summed E-state index contributed by atoms with van der Waals surface area (Å²) in [4.78, 5) is 37.4. The van der Waals surface area contributed by atoms with Crippen molar-refractivity contribution in [3.8, 4) is 0 Å². The highest BCUT2D eigenvalue weighted by Crippen LogP contribution is 2.42. The number of para-hydroxylation sites is 1. The van der Waals surface area contributed by atoms with E-state index in [1.54, 1.807) is 0 Å². The Morgan fingerprint density at radius 3 is 2.30 bits per heavy atom. The Kier molecular flexibility index (Phi) is 7.94. The van der Waals surface area contributed by atoms with Crippen LogP contribution in [0.1, 0.15) is 68.8 Å². The first-order chi connectivity index (χ1) is 18.1. The second-order valence-corrected chi connectivity index (χ2v) is 10.6. The van der Waals surface area contributed by atoms with E-state index in [0.29, 0.717) is 13.0 Å². The van der Waals surface area contributed by atoms with Gasteiger partial charge in [-0.3, -0.25) is 9.59 Å². The lowest BCUT2D eigenvalue weighted by atomic mass is 9.86. The number of nitrogens with zero attached hydrogens (tertiary/aromatic N) is 3. The van der Waals surface area contributed by atoms with E-state index in [0.717, 1.165) is 48.2 Å². The zero-order chi connectivity index (χ0) is 25.8. The first-order valence-electron chi connectivity index (χ1n) is 14.1. The number of rotatable bonds is 11. The van der Waals surface area contributed by atoms with Gasteiger partial charge in [0.05, 0.1) is 12.6 Å². The van der Waals surface area contributed by atoms with Gasteiger partial charge in [0.2, 0.25) is 11.8 Å². The number of benzene rings is 2. The van der Waals surface area contributed by atoms with Crippen LogP contribution in [0, 0.1) is 0 Å². The van der Waals surface area contributed by atoms with E-state index in [4.69, 9.17) is 0 Å². The minimum Gasteiger partial charge on any atom is -0.356 e. The summed E-state index contributed by atoms with van der Waals surface area (Å²) < 4.78 is 0. The van der Waals surface area contributed by atoms with Crippen LogP contribution >= 0.6 is 0 Å². The molecule has 2 amide bonds. The van der Waals surface area contributed by atoms with Gasteiger partial charge in [-0.1, -0.05) is 75.2 Å². The Labute approximate surface area is 220 Å². The predicted octanol–water partition coefficient (Wildman–Crippen LogP) is 5.15. The van der Waals surface area contributed by atoms with Gasteiger partial charge in [0.1, 0.15) is 6.04 Å². The number of aromatic nitrogens is 1. The quantitative estimate of drug-likeness (QED) is 0.396. The van der Waals surface area contributed by atoms with Crippen LogP contribution in [0.5, 0.6) is 0 Å². The van der Waals surface area contributed by atoms with E-state index in [9.17, 15) is 9.59 Å². The van der Waals surface area contributed by atoms with Gasteiger partial charge in [0.15, 0.2) is 0 Å². The molecule has 0 saturated carbocycles. The van der Waals surface area contributed by atoms with E-state index in [2.05, 4.69) is 48.0 Å². The highest BCUT2D eigenvalue weighted by molar-refractivity contribution is 5.97. The first-order valence-corrected chi connectivity index (χ1v) is 14.1. The van der Waals surface area contributed by atoms with Crippen molar-refractivity contribution in [2.45, 2.75) is 64.5 Å². The number of fused-ring (bicyclic) bond motifs is 4. The number of carbonyl (C=O) groups is 2. The van der Waals surface area contributed by atoms with Gasteiger partial charge in [0, 0.05) is 29.6 Å². The van der Waals surface area contributed by atoms with Crippen molar-refractivity contribution in [2.24, 2.45) is 0 Å². The molecule has 1 N–H and O–H groups in total. The molecule has 0 bridgehead atoms. The van der Waals surface area contributed by atoms with Crippen molar-refractivity contribution in [3.05, 3.63) is 71.4 Å². The van der Waals surface area contributed by atoms with E-state index >= 15 is 0 Å². The van der Waals surface area contributed by atoms with Gasteiger partial charge in [-0.2, -0.15) is 0 Å². The Morgan fingerprint density at radius 2 is 1.57 bits per heavy atom. The van der Waals surface area contributed by atoms with Crippen LogP contribution in [0.25, 0.3) is 10.9 Å². The molecule has 37 heavy (non-hydrogen) atoms. The van der Waals surface area contributed by atoms with Crippen LogP contribution in [0.3, 0.4) is 0 Å². The summed E-state index contributed by atoms with van der Waals surface area (Å²) in [7, 11) is 0. The van der Waals surface area contributed by atoms with Crippen molar-refractivity contribution in [1.82, 2.24) is 19.7 Å². The molecule has 3 aromatic rings. The predicted molar refractivity (Wildman–Crippen MR) is 148 cm³/mol. The SMILES string of the molecule is CCCCN(CCCC)CCCN1CC(=O)N2[C@H](c3ccccc3)c3[nH]c4ccccc4c3C[C@H]2C1=O. The molecule has 5 rings (SSSR count). The Bertz CT molecular complexity index is 1210. The van der Waals surface area contributed by atoms with Crippen molar-refractivity contribution in [2.75, 3.05) is 32.7 Å². The summed E-state index contributed by atoms with van der Waals surface area (Å²) in [6, 6.07) is 17.7. The highest BCUT2D eigenvalue weighted by Gasteiger charge is 2.48. The maximum Gasteiger partial charge on any atom is 0.246 e.